The lowest BCUT2D eigenvalue weighted by atomic mass is 10.1. The fourth-order valence-electron chi connectivity index (χ4n) is 3.26. The molecule has 0 spiro atoms. The summed E-state index contributed by atoms with van der Waals surface area (Å²) < 4.78 is 3.28. The standard InChI is InChI=1S/C22H22N4O2S/c1-15(17-6-4-3-5-7-17)29-22-24-20-19(14-23-25(20)2)21(28)26(22)18-10-8-16(9-11-18)12-13-27/h3-11,14-15,27H,12-13H2,1-2H3/t15-/m1/s1. The normalized spacial score (nSPS) is 12.4. The Kier molecular flexibility index (Phi) is 5.51. The molecule has 0 saturated heterocycles. The van der Waals surface area contributed by atoms with Crippen LogP contribution in [-0.4, -0.2) is 31.0 Å². The predicted octanol–water partition coefficient (Wildman–Crippen LogP) is 3.51. The van der Waals surface area contributed by atoms with Gasteiger partial charge in [0.25, 0.3) is 5.56 Å². The van der Waals surface area contributed by atoms with Gasteiger partial charge in [-0.05, 0) is 36.6 Å². The van der Waals surface area contributed by atoms with Gasteiger partial charge < -0.3 is 5.11 Å². The van der Waals surface area contributed by atoms with E-state index in [4.69, 9.17) is 10.1 Å². The molecule has 0 aliphatic heterocycles. The molecule has 2 aromatic heterocycles. The first-order valence-corrected chi connectivity index (χ1v) is 10.3. The summed E-state index contributed by atoms with van der Waals surface area (Å²) in [6.45, 7) is 2.20. The maximum Gasteiger partial charge on any atom is 0.269 e. The Bertz CT molecular complexity index is 1180. The Morgan fingerprint density at radius 3 is 2.52 bits per heavy atom. The molecule has 0 saturated carbocycles. The number of hydrogen-bond donors (Lipinski definition) is 1. The first-order valence-electron chi connectivity index (χ1n) is 9.45. The van der Waals surface area contributed by atoms with Crippen LogP contribution in [0.3, 0.4) is 0 Å². The van der Waals surface area contributed by atoms with Crippen LogP contribution in [-0.2, 0) is 13.5 Å². The number of rotatable bonds is 6. The topological polar surface area (TPSA) is 72.9 Å². The molecule has 0 amide bonds. The molecule has 6 nitrogen and oxygen atoms in total. The summed E-state index contributed by atoms with van der Waals surface area (Å²) in [4.78, 5) is 18.1. The van der Waals surface area contributed by atoms with E-state index < -0.39 is 0 Å². The molecular formula is C22H22N4O2S. The second-order valence-corrected chi connectivity index (χ2v) is 8.16. The van der Waals surface area contributed by atoms with Gasteiger partial charge in [-0.3, -0.25) is 14.0 Å². The Balaban J connectivity index is 1.84. The van der Waals surface area contributed by atoms with Crippen LogP contribution in [0.4, 0.5) is 0 Å². The zero-order chi connectivity index (χ0) is 20.4. The van der Waals surface area contributed by atoms with E-state index in [0.717, 1.165) is 11.3 Å². The fraction of sp³-hybridized carbons (Fsp3) is 0.227. The van der Waals surface area contributed by atoms with Gasteiger partial charge in [0, 0.05) is 18.9 Å². The van der Waals surface area contributed by atoms with E-state index in [1.807, 2.05) is 42.5 Å². The van der Waals surface area contributed by atoms with Crippen molar-refractivity contribution in [1.82, 2.24) is 19.3 Å². The molecule has 0 aliphatic carbocycles. The number of aliphatic hydroxyl groups excluding tert-OH is 1. The van der Waals surface area contributed by atoms with Gasteiger partial charge in [-0.2, -0.15) is 5.10 Å². The zero-order valence-electron chi connectivity index (χ0n) is 16.3. The van der Waals surface area contributed by atoms with E-state index in [9.17, 15) is 4.79 Å². The van der Waals surface area contributed by atoms with Crippen LogP contribution in [0.1, 0.15) is 23.3 Å². The van der Waals surface area contributed by atoms with Crippen molar-refractivity contribution in [3.8, 4) is 5.69 Å². The van der Waals surface area contributed by atoms with E-state index >= 15 is 0 Å². The third-order valence-electron chi connectivity index (χ3n) is 4.88. The molecule has 1 atom stereocenters. The van der Waals surface area contributed by atoms with E-state index in [2.05, 4.69) is 24.2 Å². The van der Waals surface area contributed by atoms with Gasteiger partial charge >= 0.3 is 0 Å². The highest BCUT2D eigenvalue weighted by Crippen LogP contribution is 2.34. The molecule has 7 heteroatoms. The number of aromatic nitrogens is 4. The van der Waals surface area contributed by atoms with Gasteiger partial charge in [-0.15, -0.1) is 0 Å². The summed E-state index contributed by atoms with van der Waals surface area (Å²) in [6.07, 6.45) is 2.15. The van der Waals surface area contributed by atoms with Crippen LogP contribution in [0.25, 0.3) is 16.7 Å². The van der Waals surface area contributed by atoms with Crippen molar-refractivity contribution in [1.29, 1.82) is 0 Å². The Labute approximate surface area is 172 Å². The van der Waals surface area contributed by atoms with Gasteiger partial charge in [0.2, 0.25) is 0 Å². The molecule has 4 rings (SSSR count). The first-order chi connectivity index (χ1) is 14.1. The Hall–Kier alpha value is -2.90. The Morgan fingerprint density at radius 2 is 1.83 bits per heavy atom. The molecule has 2 heterocycles. The van der Waals surface area contributed by atoms with E-state index in [1.165, 1.54) is 5.56 Å². The molecule has 2 aromatic carbocycles. The van der Waals surface area contributed by atoms with Crippen LogP contribution < -0.4 is 5.56 Å². The fourth-order valence-corrected chi connectivity index (χ4v) is 4.30. The SMILES string of the molecule is C[C@@H](Sc1nc2c(cnn2C)c(=O)n1-c1ccc(CCO)cc1)c1ccccc1. The summed E-state index contributed by atoms with van der Waals surface area (Å²) in [7, 11) is 1.79. The second kappa shape index (κ2) is 8.23. The highest BCUT2D eigenvalue weighted by Gasteiger charge is 2.18. The first kappa shape index (κ1) is 19.4. The lowest BCUT2D eigenvalue weighted by molar-refractivity contribution is 0.299. The summed E-state index contributed by atoms with van der Waals surface area (Å²) in [5.41, 5.74) is 3.37. The minimum atomic E-state index is -0.138. The van der Waals surface area contributed by atoms with Crippen LogP contribution in [0.2, 0.25) is 0 Å². The highest BCUT2D eigenvalue weighted by molar-refractivity contribution is 7.99. The number of fused-ring (bicyclic) bond motifs is 1. The van der Waals surface area contributed by atoms with Gasteiger partial charge in [0.15, 0.2) is 10.8 Å². The van der Waals surface area contributed by atoms with E-state index in [0.29, 0.717) is 22.6 Å². The molecule has 1 N–H and O–H groups in total. The molecule has 0 fully saturated rings. The van der Waals surface area contributed by atoms with Gasteiger partial charge in [-0.1, -0.05) is 54.2 Å². The van der Waals surface area contributed by atoms with E-state index in [1.54, 1.807) is 34.3 Å². The number of thioether (sulfide) groups is 1. The summed E-state index contributed by atoms with van der Waals surface area (Å²) in [5, 5.41) is 14.6. The minimum Gasteiger partial charge on any atom is -0.396 e. The summed E-state index contributed by atoms with van der Waals surface area (Å²) >= 11 is 1.54. The number of aliphatic hydroxyl groups is 1. The molecular weight excluding hydrogens is 384 g/mol. The third-order valence-corrected chi connectivity index (χ3v) is 5.99. The average molecular weight is 407 g/mol. The molecule has 0 radical (unpaired) electrons. The van der Waals surface area contributed by atoms with Crippen molar-refractivity contribution in [3.05, 3.63) is 82.3 Å². The maximum atomic E-state index is 13.3. The zero-order valence-corrected chi connectivity index (χ0v) is 17.1. The van der Waals surface area contributed by atoms with Gasteiger partial charge in [-0.25, -0.2) is 4.98 Å². The third kappa shape index (κ3) is 3.83. The average Bonchev–Trinajstić information content (AvgIpc) is 3.11. The maximum absolute atomic E-state index is 13.3. The molecule has 29 heavy (non-hydrogen) atoms. The smallest absolute Gasteiger partial charge is 0.269 e. The number of aryl methyl sites for hydroxylation is 1. The van der Waals surface area contributed by atoms with Crippen LogP contribution in [0.5, 0.6) is 0 Å². The minimum absolute atomic E-state index is 0.0954. The van der Waals surface area contributed by atoms with Crippen LogP contribution in [0.15, 0.2) is 70.7 Å². The van der Waals surface area contributed by atoms with Crippen molar-refractivity contribution in [2.75, 3.05) is 6.61 Å². The molecule has 0 aliphatic rings. The lowest BCUT2D eigenvalue weighted by Gasteiger charge is -2.16. The Morgan fingerprint density at radius 1 is 1.10 bits per heavy atom. The second-order valence-electron chi connectivity index (χ2n) is 6.85. The van der Waals surface area contributed by atoms with Crippen molar-refractivity contribution >= 4 is 22.8 Å². The lowest BCUT2D eigenvalue weighted by Crippen LogP contribution is -2.22. The quantitative estimate of drug-likeness (QED) is 0.392. The number of nitrogens with zero attached hydrogens (tertiary/aromatic N) is 4. The van der Waals surface area contributed by atoms with Crippen LogP contribution in [0, 0.1) is 0 Å². The monoisotopic (exact) mass is 406 g/mol. The van der Waals surface area contributed by atoms with Crippen molar-refractivity contribution < 1.29 is 5.11 Å². The van der Waals surface area contributed by atoms with Crippen molar-refractivity contribution in [3.63, 3.8) is 0 Å². The van der Waals surface area contributed by atoms with Gasteiger partial charge in [0.05, 0.1) is 11.9 Å². The molecule has 0 bridgehead atoms. The summed E-state index contributed by atoms with van der Waals surface area (Å²) in [6, 6.07) is 17.8. The molecule has 148 valence electrons. The van der Waals surface area contributed by atoms with E-state index in [-0.39, 0.29) is 17.4 Å². The number of hydrogen-bond acceptors (Lipinski definition) is 5. The molecule has 4 aromatic rings. The van der Waals surface area contributed by atoms with Crippen LogP contribution >= 0.6 is 11.8 Å². The predicted molar refractivity (Wildman–Crippen MR) is 116 cm³/mol. The summed E-state index contributed by atoms with van der Waals surface area (Å²) in [5.74, 6) is 0. The van der Waals surface area contributed by atoms with Gasteiger partial charge in [0.1, 0.15) is 5.39 Å². The largest absolute Gasteiger partial charge is 0.396 e. The molecule has 0 unspecified atom stereocenters. The highest BCUT2D eigenvalue weighted by atomic mass is 32.2. The number of benzene rings is 2. The van der Waals surface area contributed by atoms with Crippen molar-refractivity contribution in [2.24, 2.45) is 7.05 Å². The van der Waals surface area contributed by atoms with Crippen molar-refractivity contribution in [2.45, 2.75) is 23.8 Å².